The third-order valence-electron chi connectivity index (χ3n) is 3.80. The minimum Gasteiger partial charge on any atom is -0.350 e. The summed E-state index contributed by atoms with van der Waals surface area (Å²) in [5.41, 5.74) is 3.72. The zero-order valence-corrected chi connectivity index (χ0v) is 13.4. The second-order valence-corrected chi connectivity index (χ2v) is 5.34. The lowest BCUT2D eigenvalue weighted by Gasteiger charge is -2.04. The monoisotopic (exact) mass is 318 g/mol. The van der Waals surface area contributed by atoms with Crippen LogP contribution in [0.5, 0.6) is 0 Å². The van der Waals surface area contributed by atoms with Gasteiger partial charge < -0.3 is 9.88 Å². The molecule has 1 N–H and O–H groups in total. The molecule has 0 saturated carbocycles. The second kappa shape index (κ2) is 7.43. The maximum absolute atomic E-state index is 12.8. The van der Waals surface area contributed by atoms with Gasteiger partial charge in [0.1, 0.15) is 5.82 Å². The van der Waals surface area contributed by atoms with Crippen LogP contribution in [0, 0.1) is 5.82 Å². The van der Waals surface area contributed by atoms with E-state index in [0.717, 1.165) is 25.1 Å². The van der Waals surface area contributed by atoms with Gasteiger partial charge in [-0.3, -0.25) is 0 Å². The second-order valence-electron chi connectivity index (χ2n) is 5.34. The molecule has 4 heteroatoms. The lowest BCUT2D eigenvalue weighted by Crippen LogP contribution is -2.16. The highest BCUT2D eigenvalue weighted by Gasteiger charge is 2.04. The number of fused-ring (bicyclic) bond motifs is 1. The number of aryl methyl sites for hydroxylation is 1. The molecular weight excluding hydrogens is 299 g/mol. The van der Waals surface area contributed by atoms with Gasteiger partial charge in [0.2, 0.25) is 0 Å². The van der Waals surface area contributed by atoms with Gasteiger partial charge in [0, 0.05) is 30.7 Å². The molecule has 1 heterocycles. The quantitative estimate of drug-likeness (QED) is 0.702. The molecule has 0 atom stereocenters. The summed E-state index contributed by atoms with van der Waals surface area (Å²) < 4.78 is 15.0. The maximum atomic E-state index is 12.8. The fourth-order valence-electron chi connectivity index (χ4n) is 2.67. The fraction of sp³-hybridized carbons (Fsp3) is 0.222. The Bertz CT molecular complexity index is 734. The maximum Gasteiger partial charge on any atom is 0.123 e. The molecule has 0 aliphatic rings. The van der Waals surface area contributed by atoms with E-state index in [2.05, 4.69) is 47.4 Å². The number of aromatic nitrogens is 1. The van der Waals surface area contributed by atoms with Gasteiger partial charge in [-0.05, 0) is 42.3 Å². The van der Waals surface area contributed by atoms with Gasteiger partial charge in [0.15, 0.2) is 0 Å². The average molecular weight is 319 g/mol. The predicted molar refractivity (Wildman–Crippen MR) is 92.0 cm³/mol. The molecule has 2 nitrogen and oxygen atoms in total. The molecule has 0 bridgehead atoms. The molecule has 0 unspecified atom stereocenters. The third kappa shape index (κ3) is 3.67. The summed E-state index contributed by atoms with van der Waals surface area (Å²) in [5, 5.41) is 4.76. The number of rotatable bonds is 5. The van der Waals surface area contributed by atoms with Crippen molar-refractivity contribution in [3.8, 4) is 0 Å². The van der Waals surface area contributed by atoms with Crippen molar-refractivity contribution < 1.29 is 4.39 Å². The molecule has 0 amide bonds. The molecule has 1 aromatic heterocycles. The number of nitrogens with zero attached hydrogens (tertiary/aromatic N) is 1. The first-order valence-corrected chi connectivity index (χ1v) is 7.22. The molecular formula is C18H20ClFN2. The molecule has 2 aromatic carbocycles. The topological polar surface area (TPSA) is 17.0 Å². The van der Waals surface area contributed by atoms with Gasteiger partial charge in [-0.1, -0.05) is 30.3 Å². The van der Waals surface area contributed by atoms with Crippen LogP contribution in [0.2, 0.25) is 0 Å². The fourth-order valence-corrected chi connectivity index (χ4v) is 2.67. The van der Waals surface area contributed by atoms with E-state index in [9.17, 15) is 4.39 Å². The van der Waals surface area contributed by atoms with Crippen LogP contribution in [-0.4, -0.2) is 11.1 Å². The smallest absolute Gasteiger partial charge is 0.123 e. The Morgan fingerprint density at radius 2 is 1.77 bits per heavy atom. The summed E-state index contributed by atoms with van der Waals surface area (Å²) >= 11 is 0. The van der Waals surface area contributed by atoms with Crippen LogP contribution in [0.3, 0.4) is 0 Å². The van der Waals surface area contributed by atoms with Crippen molar-refractivity contribution in [3.63, 3.8) is 0 Å². The summed E-state index contributed by atoms with van der Waals surface area (Å²) in [5.74, 6) is -0.178. The van der Waals surface area contributed by atoms with Crippen molar-refractivity contribution >= 4 is 23.3 Å². The molecule has 0 fully saturated rings. The van der Waals surface area contributed by atoms with Crippen molar-refractivity contribution in [3.05, 3.63) is 71.7 Å². The van der Waals surface area contributed by atoms with Crippen LogP contribution in [0.25, 0.3) is 10.9 Å². The molecule has 3 aromatic rings. The molecule has 0 aliphatic heterocycles. The molecule has 116 valence electrons. The van der Waals surface area contributed by atoms with Crippen molar-refractivity contribution in [1.82, 2.24) is 9.88 Å². The van der Waals surface area contributed by atoms with E-state index >= 15 is 0 Å². The van der Waals surface area contributed by atoms with Gasteiger partial charge in [-0.25, -0.2) is 4.39 Å². The molecule has 22 heavy (non-hydrogen) atoms. The third-order valence-corrected chi connectivity index (χ3v) is 3.80. The summed E-state index contributed by atoms with van der Waals surface area (Å²) in [4.78, 5) is 0. The van der Waals surface area contributed by atoms with Gasteiger partial charge in [0.25, 0.3) is 0 Å². The van der Waals surface area contributed by atoms with Crippen LogP contribution >= 0.6 is 12.4 Å². The number of benzene rings is 2. The lowest BCUT2D eigenvalue weighted by atomic mass is 10.1. The number of hydrogen-bond donors (Lipinski definition) is 1. The van der Waals surface area contributed by atoms with Gasteiger partial charge in [-0.2, -0.15) is 0 Å². The minimum absolute atomic E-state index is 0. The summed E-state index contributed by atoms with van der Waals surface area (Å²) in [6, 6.07) is 15.1. The molecule has 0 spiro atoms. The van der Waals surface area contributed by atoms with E-state index in [-0.39, 0.29) is 18.2 Å². The Kier molecular flexibility index (Phi) is 5.58. The number of nitrogens with one attached hydrogen (secondary N) is 1. The van der Waals surface area contributed by atoms with Crippen molar-refractivity contribution in [2.24, 2.45) is 7.05 Å². The van der Waals surface area contributed by atoms with Crippen LogP contribution in [-0.2, 0) is 20.0 Å². The van der Waals surface area contributed by atoms with Crippen LogP contribution in [0.1, 0.15) is 11.1 Å². The van der Waals surface area contributed by atoms with Crippen molar-refractivity contribution in [1.29, 1.82) is 0 Å². The molecule has 0 radical (unpaired) electrons. The van der Waals surface area contributed by atoms with Crippen LogP contribution in [0.4, 0.5) is 4.39 Å². The van der Waals surface area contributed by atoms with E-state index in [1.807, 2.05) is 12.1 Å². The highest BCUT2D eigenvalue weighted by atomic mass is 35.5. The lowest BCUT2D eigenvalue weighted by molar-refractivity contribution is 0.626. The van der Waals surface area contributed by atoms with Gasteiger partial charge in [0.05, 0.1) is 0 Å². The standard InChI is InChI=1S/C18H19FN2.ClH/c1-21-13-15(17-4-2-3-5-18(17)21)12-20-11-10-14-6-8-16(19)9-7-14;/h2-9,13,20H,10-12H2,1H3;1H. The Morgan fingerprint density at radius 3 is 2.55 bits per heavy atom. The Morgan fingerprint density at radius 1 is 1.05 bits per heavy atom. The first-order chi connectivity index (χ1) is 10.2. The zero-order chi connectivity index (χ0) is 14.7. The highest BCUT2D eigenvalue weighted by Crippen LogP contribution is 2.19. The summed E-state index contributed by atoms with van der Waals surface area (Å²) in [7, 11) is 2.07. The minimum atomic E-state index is -0.178. The molecule has 0 aliphatic carbocycles. The van der Waals surface area contributed by atoms with E-state index < -0.39 is 0 Å². The zero-order valence-electron chi connectivity index (χ0n) is 12.6. The first-order valence-electron chi connectivity index (χ1n) is 7.22. The number of halogens is 2. The SMILES string of the molecule is Cl.Cn1cc(CNCCc2ccc(F)cc2)c2ccccc21. The Labute approximate surface area is 136 Å². The average Bonchev–Trinajstić information content (AvgIpc) is 2.83. The van der Waals surface area contributed by atoms with Crippen LogP contribution < -0.4 is 5.32 Å². The largest absolute Gasteiger partial charge is 0.350 e. The van der Waals surface area contributed by atoms with E-state index in [1.165, 1.54) is 28.6 Å². The summed E-state index contributed by atoms with van der Waals surface area (Å²) in [6.45, 7) is 1.73. The van der Waals surface area contributed by atoms with Crippen LogP contribution in [0.15, 0.2) is 54.7 Å². The Balaban J connectivity index is 0.00000176. The van der Waals surface area contributed by atoms with E-state index in [0.29, 0.717) is 0 Å². The Hall–Kier alpha value is -1.84. The molecule has 0 saturated heterocycles. The number of hydrogen-bond acceptors (Lipinski definition) is 1. The van der Waals surface area contributed by atoms with E-state index in [4.69, 9.17) is 0 Å². The first kappa shape index (κ1) is 16.5. The van der Waals surface area contributed by atoms with Gasteiger partial charge in [-0.15, -0.1) is 12.4 Å². The normalized spacial score (nSPS) is 10.6. The highest BCUT2D eigenvalue weighted by molar-refractivity contribution is 5.85. The van der Waals surface area contributed by atoms with Crippen molar-refractivity contribution in [2.75, 3.05) is 6.54 Å². The number of para-hydroxylation sites is 1. The molecule has 3 rings (SSSR count). The summed E-state index contributed by atoms with van der Waals surface area (Å²) in [6.07, 6.45) is 3.08. The predicted octanol–water partition coefficient (Wildman–Crippen LogP) is 4.07. The van der Waals surface area contributed by atoms with E-state index in [1.54, 1.807) is 0 Å². The van der Waals surface area contributed by atoms with Gasteiger partial charge >= 0.3 is 0 Å². The van der Waals surface area contributed by atoms with Crippen molar-refractivity contribution in [2.45, 2.75) is 13.0 Å².